The van der Waals surface area contributed by atoms with Gasteiger partial charge < -0.3 is 14.7 Å². The highest BCUT2D eigenvalue weighted by Gasteiger charge is 2.52. The number of carboxylic acids is 1. The number of nitrogens with zero attached hydrogens (tertiary/aromatic N) is 1. The third-order valence-corrected chi connectivity index (χ3v) is 4.55. The molecule has 122 valence electrons. The predicted octanol–water partition coefficient (Wildman–Crippen LogP) is 1.58. The Bertz CT molecular complexity index is 351. The maximum Gasteiger partial charge on any atom is 0.325 e. The second kappa shape index (κ2) is 7.07. The average Bonchev–Trinajstić information content (AvgIpc) is 3.22. The van der Waals surface area contributed by atoms with Crippen molar-refractivity contribution in [2.45, 2.75) is 51.1 Å². The molecule has 2 aliphatic rings. The zero-order valence-electron chi connectivity index (χ0n) is 13.6. The van der Waals surface area contributed by atoms with Crippen molar-refractivity contribution in [3.8, 4) is 0 Å². The first-order valence-electron chi connectivity index (χ1n) is 8.21. The summed E-state index contributed by atoms with van der Waals surface area (Å²) in [4.78, 5) is 14.1. The monoisotopic (exact) mass is 298 g/mol. The molecular formula is C16H30N2O3. The molecule has 0 amide bonds. The number of ether oxygens (including phenoxy) is 1. The predicted molar refractivity (Wildman–Crippen MR) is 82.4 cm³/mol. The van der Waals surface area contributed by atoms with Crippen LogP contribution < -0.4 is 5.32 Å². The molecule has 2 atom stereocenters. The van der Waals surface area contributed by atoms with E-state index in [0.29, 0.717) is 12.5 Å². The van der Waals surface area contributed by atoms with E-state index >= 15 is 0 Å². The van der Waals surface area contributed by atoms with E-state index in [2.05, 4.69) is 10.2 Å². The summed E-state index contributed by atoms with van der Waals surface area (Å²) in [6.07, 6.45) is 4.35. The van der Waals surface area contributed by atoms with Crippen LogP contribution in [0.5, 0.6) is 0 Å². The molecule has 1 saturated carbocycles. The standard InChI is InChI=1S/C16H30N2O3/c1-12(2)17-16(15(19)20,14-6-7-14)11-18(3)9-13-5-4-8-21-10-13/h12-14,17H,4-11H2,1-3H3,(H,19,20). The van der Waals surface area contributed by atoms with Gasteiger partial charge in [0.1, 0.15) is 5.54 Å². The second-order valence-electron chi connectivity index (χ2n) is 7.13. The Morgan fingerprint density at radius 1 is 1.43 bits per heavy atom. The van der Waals surface area contributed by atoms with Crippen molar-refractivity contribution in [3.05, 3.63) is 0 Å². The van der Waals surface area contributed by atoms with Gasteiger partial charge in [-0.25, -0.2) is 0 Å². The van der Waals surface area contributed by atoms with Crippen molar-refractivity contribution in [2.75, 3.05) is 33.4 Å². The Labute approximate surface area is 128 Å². The number of aliphatic carboxylic acids is 1. The van der Waals surface area contributed by atoms with Crippen molar-refractivity contribution in [2.24, 2.45) is 11.8 Å². The first kappa shape index (κ1) is 16.7. The third kappa shape index (κ3) is 4.41. The van der Waals surface area contributed by atoms with Gasteiger partial charge in [-0.3, -0.25) is 10.1 Å². The normalized spacial score (nSPS) is 26.0. The zero-order chi connectivity index (χ0) is 15.5. The van der Waals surface area contributed by atoms with E-state index in [4.69, 9.17) is 4.74 Å². The van der Waals surface area contributed by atoms with Crippen LogP contribution in [-0.2, 0) is 9.53 Å². The Morgan fingerprint density at radius 3 is 2.62 bits per heavy atom. The molecule has 0 spiro atoms. The Morgan fingerprint density at radius 2 is 2.14 bits per heavy atom. The number of rotatable bonds is 8. The van der Waals surface area contributed by atoms with Gasteiger partial charge in [0.05, 0.1) is 6.61 Å². The van der Waals surface area contributed by atoms with Crippen LogP contribution in [0.3, 0.4) is 0 Å². The summed E-state index contributed by atoms with van der Waals surface area (Å²) < 4.78 is 5.53. The summed E-state index contributed by atoms with van der Waals surface area (Å²) >= 11 is 0. The number of hydrogen-bond donors (Lipinski definition) is 2. The van der Waals surface area contributed by atoms with E-state index in [9.17, 15) is 9.90 Å². The molecule has 0 bridgehead atoms. The molecule has 1 aliphatic carbocycles. The van der Waals surface area contributed by atoms with Crippen LogP contribution in [0.1, 0.15) is 39.5 Å². The Balaban J connectivity index is 1.98. The fourth-order valence-electron chi connectivity index (χ4n) is 3.57. The smallest absolute Gasteiger partial charge is 0.325 e. The van der Waals surface area contributed by atoms with Crippen LogP contribution >= 0.6 is 0 Å². The van der Waals surface area contributed by atoms with Crippen LogP contribution in [-0.4, -0.2) is 60.9 Å². The molecule has 1 saturated heterocycles. The van der Waals surface area contributed by atoms with E-state index in [0.717, 1.165) is 39.0 Å². The molecule has 0 aromatic rings. The van der Waals surface area contributed by atoms with Gasteiger partial charge in [0, 0.05) is 25.7 Å². The molecule has 2 unspecified atom stereocenters. The summed E-state index contributed by atoms with van der Waals surface area (Å²) in [6, 6.07) is 0.174. The quantitative estimate of drug-likeness (QED) is 0.712. The number of nitrogens with one attached hydrogen (secondary N) is 1. The maximum absolute atomic E-state index is 12.0. The molecule has 21 heavy (non-hydrogen) atoms. The summed E-state index contributed by atoms with van der Waals surface area (Å²) in [5.74, 6) is 0.0985. The highest BCUT2D eigenvalue weighted by Crippen LogP contribution is 2.41. The van der Waals surface area contributed by atoms with Crippen molar-refractivity contribution in [1.29, 1.82) is 0 Å². The molecule has 1 aliphatic heterocycles. The van der Waals surface area contributed by atoms with Crippen LogP contribution in [0.4, 0.5) is 0 Å². The highest BCUT2D eigenvalue weighted by atomic mass is 16.5. The zero-order valence-corrected chi connectivity index (χ0v) is 13.6. The molecule has 5 nitrogen and oxygen atoms in total. The fourth-order valence-corrected chi connectivity index (χ4v) is 3.57. The minimum absolute atomic E-state index is 0.174. The summed E-state index contributed by atoms with van der Waals surface area (Å²) in [5.41, 5.74) is -0.793. The van der Waals surface area contributed by atoms with Gasteiger partial charge in [0.2, 0.25) is 0 Å². The lowest BCUT2D eigenvalue weighted by Crippen LogP contribution is -2.62. The topological polar surface area (TPSA) is 61.8 Å². The highest BCUT2D eigenvalue weighted by molar-refractivity contribution is 5.80. The lowest BCUT2D eigenvalue weighted by Gasteiger charge is -2.37. The minimum Gasteiger partial charge on any atom is -0.480 e. The number of carboxylic acid groups (broad SMARTS) is 1. The summed E-state index contributed by atoms with van der Waals surface area (Å²) in [6.45, 7) is 7.22. The van der Waals surface area contributed by atoms with E-state index < -0.39 is 11.5 Å². The SMILES string of the molecule is CC(C)NC(CN(C)CC1CCCOC1)(C(=O)O)C1CC1. The van der Waals surface area contributed by atoms with Crippen LogP contribution in [0.25, 0.3) is 0 Å². The molecule has 0 radical (unpaired) electrons. The fraction of sp³-hybridized carbons (Fsp3) is 0.938. The van der Waals surface area contributed by atoms with Gasteiger partial charge in [-0.2, -0.15) is 0 Å². The Hall–Kier alpha value is -0.650. The largest absolute Gasteiger partial charge is 0.480 e. The number of hydrogen-bond acceptors (Lipinski definition) is 4. The Kier molecular flexibility index (Phi) is 5.63. The lowest BCUT2D eigenvalue weighted by atomic mass is 9.90. The number of carbonyl (C=O) groups is 1. The molecule has 2 rings (SSSR count). The van der Waals surface area contributed by atoms with E-state index in [1.165, 1.54) is 6.42 Å². The van der Waals surface area contributed by atoms with Gasteiger partial charge in [-0.1, -0.05) is 0 Å². The summed E-state index contributed by atoms with van der Waals surface area (Å²) in [5, 5.41) is 13.2. The number of likely N-dealkylation sites (N-methyl/N-ethyl adjacent to an activating group) is 1. The third-order valence-electron chi connectivity index (χ3n) is 4.55. The molecule has 1 heterocycles. The van der Waals surface area contributed by atoms with Gasteiger partial charge in [-0.15, -0.1) is 0 Å². The van der Waals surface area contributed by atoms with Crippen molar-refractivity contribution in [3.63, 3.8) is 0 Å². The molecule has 2 fully saturated rings. The van der Waals surface area contributed by atoms with Crippen LogP contribution in [0.15, 0.2) is 0 Å². The van der Waals surface area contributed by atoms with E-state index in [1.54, 1.807) is 0 Å². The summed E-state index contributed by atoms with van der Waals surface area (Å²) in [7, 11) is 2.04. The lowest BCUT2D eigenvalue weighted by molar-refractivity contribution is -0.147. The molecule has 2 N–H and O–H groups in total. The van der Waals surface area contributed by atoms with Crippen LogP contribution in [0.2, 0.25) is 0 Å². The molecular weight excluding hydrogens is 268 g/mol. The van der Waals surface area contributed by atoms with Crippen molar-refractivity contribution >= 4 is 5.97 Å². The van der Waals surface area contributed by atoms with Crippen LogP contribution in [0, 0.1) is 11.8 Å². The first-order valence-corrected chi connectivity index (χ1v) is 8.21. The molecule has 0 aromatic carbocycles. The van der Waals surface area contributed by atoms with Crippen molar-refractivity contribution < 1.29 is 14.6 Å². The maximum atomic E-state index is 12.0. The van der Waals surface area contributed by atoms with Gasteiger partial charge in [0.25, 0.3) is 0 Å². The second-order valence-corrected chi connectivity index (χ2v) is 7.13. The van der Waals surface area contributed by atoms with E-state index in [-0.39, 0.29) is 12.0 Å². The van der Waals surface area contributed by atoms with Gasteiger partial charge in [-0.05, 0) is 58.4 Å². The van der Waals surface area contributed by atoms with Gasteiger partial charge >= 0.3 is 5.97 Å². The molecule has 0 aromatic heterocycles. The van der Waals surface area contributed by atoms with Gasteiger partial charge in [0.15, 0.2) is 0 Å². The van der Waals surface area contributed by atoms with E-state index in [1.807, 2.05) is 20.9 Å². The first-order chi connectivity index (χ1) is 9.94. The van der Waals surface area contributed by atoms with Crippen molar-refractivity contribution in [1.82, 2.24) is 10.2 Å². The minimum atomic E-state index is -0.793. The molecule has 5 heteroatoms. The average molecular weight is 298 g/mol.